The largest absolute Gasteiger partial charge is 0.491 e. The predicted molar refractivity (Wildman–Crippen MR) is 101 cm³/mol. The lowest BCUT2D eigenvalue weighted by molar-refractivity contribution is -0.114. The Balaban J connectivity index is 2.07. The van der Waals surface area contributed by atoms with E-state index in [1.807, 2.05) is 25.1 Å². The summed E-state index contributed by atoms with van der Waals surface area (Å²) in [5, 5.41) is 15.3. The molecule has 0 bridgehead atoms. The van der Waals surface area contributed by atoms with Gasteiger partial charge in [0.25, 0.3) is 5.91 Å². The van der Waals surface area contributed by atoms with Crippen LogP contribution < -0.4 is 15.5 Å². The second kappa shape index (κ2) is 9.33. The highest BCUT2D eigenvalue weighted by molar-refractivity contribution is 6.67. The zero-order valence-electron chi connectivity index (χ0n) is 14.7. The predicted octanol–water partition coefficient (Wildman–Crippen LogP) is 2.36. The summed E-state index contributed by atoms with van der Waals surface area (Å²) in [5.41, 5.74) is 4.68. The standard InChI is InChI=1S/C19H21N3O4/c1-13-5-3-4-6-17(13)21-22-18(14(2)24)19(25)20-15-7-9-16(10-8-15)26-12-11-23/h3-10,21,23H,11-12H2,1-2H3,(H,20,25)/b22-18-. The van der Waals surface area contributed by atoms with E-state index in [-0.39, 0.29) is 18.9 Å². The first-order valence-electron chi connectivity index (χ1n) is 8.06. The first-order valence-corrected chi connectivity index (χ1v) is 8.06. The van der Waals surface area contributed by atoms with Crippen LogP contribution in [0, 0.1) is 6.92 Å². The Bertz CT molecular complexity index is 801. The third kappa shape index (κ3) is 5.42. The van der Waals surface area contributed by atoms with E-state index in [9.17, 15) is 9.59 Å². The molecule has 0 saturated heterocycles. The monoisotopic (exact) mass is 355 g/mol. The number of ketones is 1. The number of aliphatic hydroxyl groups is 1. The summed E-state index contributed by atoms with van der Waals surface area (Å²) < 4.78 is 5.25. The summed E-state index contributed by atoms with van der Waals surface area (Å²) >= 11 is 0. The minimum Gasteiger partial charge on any atom is -0.491 e. The first-order chi connectivity index (χ1) is 12.5. The lowest BCUT2D eigenvalue weighted by Gasteiger charge is -2.09. The highest BCUT2D eigenvalue weighted by Gasteiger charge is 2.17. The molecular formula is C19H21N3O4. The van der Waals surface area contributed by atoms with Crippen LogP contribution in [0.3, 0.4) is 0 Å². The van der Waals surface area contributed by atoms with Gasteiger partial charge in [0.2, 0.25) is 0 Å². The summed E-state index contributed by atoms with van der Waals surface area (Å²) in [5.74, 6) is -0.493. The lowest BCUT2D eigenvalue weighted by Crippen LogP contribution is -2.29. The van der Waals surface area contributed by atoms with Crippen LogP contribution in [-0.2, 0) is 9.59 Å². The molecule has 0 aromatic heterocycles. The summed E-state index contributed by atoms with van der Waals surface area (Å²) in [6.07, 6.45) is 0. The average molecular weight is 355 g/mol. The molecular weight excluding hydrogens is 334 g/mol. The maximum absolute atomic E-state index is 12.4. The fourth-order valence-electron chi connectivity index (χ4n) is 2.09. The number of carbonyl (C=O) groups excluding carboxylic acids is 2. The van der Waals surface area contributed by atoms with E-state index < -0.39 is 11.7 Å². The molecule has 0 saturated carbocycles. The number of carbonyl (C=O) groups is 2. The van der Waals surface area contributed by atoms with Crippen LogP contribution in [0.15, 0.2) is 53.6 Å². The van der Waals surface area contributed by atoms with Crippen LogP contribution in [-0.4, -0.2) is 35.7 Å². The number of aryl methyl sites for hydroxylation is 1. The van der Waals surface area contributed by atoms with Gasteiger partial charge in [-0.15, -0.1) is 0 Å². The number of benzene rings is 2. The zero-order chi connectivity index (χ0) is 18.9. The van der Waals surface area contributed by atoms with Crippen molar-refractivity contribution in [2.75, 3.05) is 24.0 Å². The number of hydrogen-bond donors (Lipinski definition) is 3. The van der Waals surface area contributed by atoms with Crippen molar-refractivity contribution in [2.24, 2.45) is 5.10 Å². The van der Waals surface area contributed by atoms with Gasteiger partial charge in [-0.05, 0) is 42.8 Å². The van der Waals surface area contributed by atoms with E-state index in [1.165, 1.54) is 6.92 Å². The molecule has 0 aliphatic heterocycles. The summed E-state index contributed by atoms with van der Waals surface area (Å²) in [7, 11) is 0. The van der Waals surface area contributed by atoms with Gasteiger partial charge in [0.1, 0.15) is 12.4 Å². The number of amides is 1. The molecule has 0 aliphatic rings. The molecule has 0 heterocycles. The van der Waals surface area contributed by atoms with Gasteiger partial charge in [0, 0.05) is 12.6 Å². The Morgan fingerprint density at radius 1 is 1.12 bits per heavy atom. The number of ether oxygens (including phenoxy) is 1. The number of Topliss-reactive ketones (excluding diaryl/α,β-unsaturated/α-hetero) is 1. The quantitative estimate of drug-likeness (QED) is 0.383. The molecule has 0 aliphatic carbocycles. The van der Waals surface area contributed by atoms with Crippen molar-refractivity contribution in [3.05, 3.63) is 54.1 Å². The molecule has 7 heteroatoms. The SMILES string of the molecule is CC(=O)/C(=N/Nc1ccccc1C)C(=O)Nc1ccc(OCCO)cc1. The second-order valence-electron chi connectivity index (χ2n) is 5.49. The zero-order valence-corrected chi connectivity index (χ0v) is 14.7. The average Bonchev–Trinajstić information content (AvgIpc) is 2.62. The molecule has 0 unspecified atom stereocenters. The van der Waals surface area contributed by atoms with Crippen LogP contribution in [0.4, 0.5) is 11.4 Å². The first kappa shape index (κ1) is 19.1. The number of rotatable bonds is 8. The highest BCUT2D eigenvalue weighted by atomic mass is 16.5. The number of hydrogen-bond acceptors (Lipinski definition) is 6. The van der Waals surface area contributed by atoms with E-state index in [0.29, 0.717) is 17.1 Å². The lowest BCUT2D eigenvalue weighted by atomic mass is 10.2. The Morgan fingerprint density at radius 3 is 2.42 bits per heavy atom. The highest BCUT2D eigenvalue weighted by Crippen LogP contribution is 2.16. The molecule has 0 fully saturated rings. The Kier molecular flexibility index (Phi) is 6.87. The summed E-state index contributed by atoms with van der Waals surface area (Å²) in [6, 6.07) is 14.0. The second-order valence-corrected chi connectivity index (χ2v) is 5.49. The van der Waals surface area contributed by atoms with Crippen LogP contribution in [0.1, 0.15) is 12.5 Å². The number of nitrogens with zero attached hydrogens (tertiary/aromatic N) is 1. The Hall–Kier alpha value is -3.19. The van der Waals surface area contributed by atoms with Gasteiger partial charge < -0.3 is 15.2 Å². The van der Waals surface area contributed by atoms with Gasteiger partial charge >= 0.3 is 0 Å². The van der Waals surface area contributed by atoms with E-state index in [4.69, 9.17) is 9.84 Å². The maximum atomic E-state index is 12.4. The smallest absolute Gasteiger partial charge is 0.279 e. The van der Waals surface area contributed by atoms with Gasteiger partial charge in [0.05, 0.1) is 12.3 Å². The number of anilines is 2. The summed E-state index contributed by atoms with van der Waals surface area (Å²) in [6.45, 7) is 3.29. The van der Waals surface area contributed by atoms with Gasteiger partial charge in [-0.25, -0.2) is 0 Å². The molecule has 0 spiro atoms. The van der Waals surface area contributed by atoms with Crippen molar-refractivity contribution in [3.63, 3.8) is 0 Å². The van der Waals surface area contributed by atoms with Crippen molar-refractivity contribution >= 4 is 28.8 Å². The fourth-order valence-corrected chi connectivity index (χ4v) is 2.09. The van der Waals surface area contributed by atoms with E-state index in [2.05, 4.69) is 15.8 Å². The van der Waals surface area contributed by atoms with Gasteiger partial charge in [0.15, 0.2) is 11.5 Å². The summed E-state index contributed by atoms with van der Waals surface area (Å²) in [4.78, 5) is 24.1. The fraction of sp³-hybridized carbons (Fsp3) is 0.211. The normalized spacial score (nSPS) is 11.0. The molecule has 2 rings (SSSR count). The number of aliphatic hydroxyl groups excluding tert-OH is 1. The number of para-hydroxylation sites is 1. The molecule has 26 heavy (non-hydrogen) atoms. The Morgan fingerprint density at radius 2 is 1.81 bits per heavy atom. The van der Waals surface area contributed by atoms with Gasteiger partial charge in [-0.2, -0.15) is 5.10 Å². The van der Waals surface area contributed by atoms with E-state index in [0.717, 1.165) is 5.56 Å². The molecule has 7 nitrogen and oxygen atoms in total. The van der Waals surface area contributed by atoms with Gasteiger partial charge in [-0.3, -0.25) is 15.0 Å². The van der Waals surface area contributed by atoms with Crippen molar-refractivity contribution in [2.45, 2.75) is 13.8 Å². The van der Waals surface area contributed by atoms with Crippen LogP contribution in [0.5, 0.6) is 5.75 Å². The number of hydrazone groups is 1. The molecule has 3 N–H and O–H groups in total. The molecule has 0 atom stereocenters. The molecule has 1 amide bonds. The number of nitrogens with one attached hydrogen (secondary N) is 2. The topological polar surface area (TPSA) is 100 Å². The van der Waals surface area contributed by atoms with Crippen molar-refractivity contribution in [3.8, 4) is 5.75 Å². The van der Waals surface area contributed by atoms with Crippen LogP contribution >= 0.6 is 0 Å². The molecule has 2 aromatic carbocycles. The van der Waals surface area contributed by atoms with E-state index >= 15 is 0 Å². The molecule has 0 radical (unpaired) electrons. The van der Waals surface area contributed by atoms with Crippen LogP contribution in [0.2, 0.25) is 0 Å². The van der Waals surface area contributed by atoms with Crippen LogP contribution in [0.25, 0.3) is 0 Å². The minimum atomic E-state index is -0.609. The van der Waals surface area contributed by atoms with Crippen molar-refractivity contribution in [1.82, 2.24) is 0 Å². The van der Waals surface area contributed by atoms with Crippen molar-refractivity contribution < 1.29 is 19.4 Å². The third-order valence-corrected chi connectivity index (χ3v) is 3.45. The maximum Gasteiger partial charge on any atom is 0.279 e. The van der Waals surface area contributed by atoms with E-state index in [1.54, 1.807) is 30.3 Å². The third-order valence-electron chi connectivity index (χ3n) is 3.45. The van der Waals surface area contributed by atoms with Gasteiger partial charge in [-0.1, -0.05) is 18.2 Å². The Labute approximate surface area is 151 Å². The minimum absolute atomic E-state index is 0.0786. The molecule has 2 aromatic rings. The molecule has 136 valence electrons. The van der Waals surface area contributed by atoms with Crippen molar-refractivity contribution in [1.29, 1.82) is 0 Å².